The molecular formula is C17H19BrFNO2. The first-order valence-electron chi connectivity index (χ1n) is 7.44. The van der Waals surface area contributed by atoms with E-state index in [1.165, 1.54) is 18.2 Å². The van der Waals surface area contributed by atoms with Crippen LogP contribution in [0.1, 0.15) is 40.0 Å². The number of ketones is 1. The zero-order valence-corrected chi connectivity index (χ0v) is 14.5. The lowest BCUT2D eigenvalue weighted by Gasteiger charge is -2.38. The zero-order chi connectivity index (χ0) is 16.3. The molecule has 1 aromatic carbocycles. The third kappa shape index (κ3) is 1.78. The highest BCUT2D eigenvalue weighted by Crippen LogP contribution is 2.70. The molecule has 3 rings (SSSR count). The van der Waals surface area contributed by atoms with Gasteiger partial charge in [0, 0.05) is 16.3 Å². The molecule has 2 aliphatic carbocycles. The Morgan fingerprint density at radius 3 is 2.45 bits per heavy atom. The molecule has 0 spiro atoms. The molecule has 1 aromatic rings. The summed E-state index contributed by atoms with van der Waals surface area (Å²) in [5.74, 6) is -0.329. The van der Waals surface area contributed by atoms with Gasteiger partial charge in [-0.3, -0.25) is 9.59 Å². The van der Waals surface area contributed by atoms with Gasteiger partial charge in [-0.05, 0) is 52.4 Å². The molecule has 2 saturated carbocycles. The van der Waals surface area contributed by atoms with Crippen LogP contribution in [0.5, 0.6) is 0 Å². The number of anilines is 1. The minimum absolute atomic E-state index is 0.139. The second-order valence-corrected chi connectivity index (χ2v) is 8.07. The lowest BCUT2D eigenvalue weighted by molar-refractivity contribution is -0.131. The van der Waals surface area contributed by atoms with E-state index in [0.717, 1.165) is 6.42 Å². The molecule has 1 amide bonds. The van der Waals surface area contributed by atoms with E-state index >= 15 is 0 Å². The number of benzene rings is 1. The summed E-state index contributed by atoms with van der Waals surface area (Å²) in [5, 5.41) is 2.89. The van der Waals surface area contributed by atoms with E-state index in [0.29, 0.717) is 23.0 Å². The standard InChI is InChI=1S/C17H19BrFNO2/c1-15(2)16(3)6-7-17(15,9-13(16)21)14(22)20-12-5-4-10(19)8-11(12)18/h4-5,8H,6-7,9H2,1-3H3,(H,20,22)/t16-,17+/m0/s1. The largest absolute Gasteiger partial charge is 0.325 e. The van der Waals surface area contributed by atoms with Gasteiger partial charge >= 0.3 is 0 Å². The van der Waals surface area contributed by atoms with E-state index in [4.69, 9.17) is 0 Å². The second-order valence-electron chi connectivity index (χ2n) is 7.22. The number of halogens is 2. The van der Waals surface area contributed by atoms with Crippen LogP contribution in [0, 0.1) is 22.1 Å². The summed E-state index contributed by atoms with van der Waals surface area (Å²) in [6, 6.07) is 4.16. The molecule has 2 bridgehead atoms. The van der Waals surface area contributed by atoms with E-state index in [1.807, 2.05) is 20.8 Å². The first kappa shape index (κ1) is 15.7. The van der Waals surface area contributed by atoms with Crippen molar-refractivity contribution in [1.29, 1.82) is 0 Å². The van der Waals surface area contributed by atoms with Gasteiger partial charge in [-0.2, -0.15) is 0 Å². The minimum atomic E-state index is -0.674. The van der Waals surface area contributed by atoms with Crippen molar-refractivity contribution in [1.82, 2.24) is 0 Å². The van der Waals surface area contributed by atoms with Crippen LogP contribution in [0.4, 0.5) is 10.1 Å². The Labute approximate surface area is 137 Å². The Kier molecular flexibility index (Phi) is 3.30. The number of nitrogens with one attached hydrogen (secondary N) is 1. The van der Waals surface area contributed by atoms with Crippen LogP contribution in [0.3, 0.4) is 0 Å². The number of amides is 1. The first-order valence-corrected chi connectivity index (χ1v) is 8.23. The summed E-state index contributed by atoms with van der Waals surface area (Å²) in [4.78, 5) is 25.4. The molecule has 0 aliphatic heterocycles. The van der Waals surface area contributed by atoms with Crippen LogP contribution in [-0.4, -0.2) is 11.7 Å². The molecule has 2 fully saturated rings. The molecule has 0 unspecified atom stereocenters. The number of fused-ring (bicyclic) bond motifs is 2. The summed E-state index contributed by atoms with van der Waals surface area (Å²) >= 11 is 3.26. The van der Waals surface area contributed by atoms with Gasteiger partial charge in [0.1, 0.15) is 11.6 Å². The van der Waals surface area contributed by atoms with Gasteiger partial charge in [0.15, 0.2) is 0 Å². The van der Waals surface area contributed by atoms with Crippen LogP contribution in [0.2, 0.25) is 0 Å². The van der Waals surface area contributed by atoms with Crippen molar-refractivity contribution < 1.29 is 14.0 Å². The maximum atomic E-state index is 13.2. The lowest BCUT2D eigenvalue weighted by atomic mass is 9.64. The fourth-order valence-corrected chi connectivity index (χ4v) is 4.64. The van der Waals surface area contributed by atoms with E-state index in [9.17, 15) is 14.0 Å². The average Bonchev–Trinajstić information content (AvgIpc) is 2.72. The SMILES string of the molecule is CC1(C)[C@]2(C(=O)Nc3ccc(F)cc3Br)CC[C@@]1(C)C(=O)C2. The highest BCUT2D eigenvalue weighted by atomic mass is 79.9. The van der Waals surface area contributed by atoms with E-state index in [1.54, 1.807) is 0 Å². The molecule has 0 aromatic heterocycles. The lowest BCUT2D eigenvalue weighted by Crippen LogP contribution is -2.43. The van der Waals surface area contributed by atoms with Crippen molar-refractivity contribution in [3.05, 3.63) is 28.5 Å². The van der Waals surface area contributed by atoms with Crippen molar-refractivity contribution in [2.75, 3.05) is 5.32 Å². The smallest absolute Gasteiger partial charge is 0.231 e. The van der Waals surface area contributed by atoms with Gasteiger partial charge in [0.25, 0.3) is 0 Å². The Morgan fingerprint density at radius 2 is 1.95 bits per heavy atom. The number of carbonyl (C=O) groups is 2. The molecule has 0 heterocycles. The molecule has 0 radical (unpaired) electrons. The van der Waals surface area contributed by atoms with Crippen LogP contribution >= 0.6 is 15.9 Å². The molecular weight excluding hydrogens is 349 g/mol. The number of hydrogen-bond donors (Lipinski definition) is 1. The molecule has 2 aliphatic rings. The minimum Gasteiger partial charge on any atom is -0.325 e. The van der Waals surface area contributed by atoms with Crippen LogP contribution in [-0.2, 0) is 9.59 Å². The van der Waals surface area contributed by atoms with Gasteiger partial charge in [-0.15, -0.1) is 0 Å². The summed E-state index contributed by atoms with van der Waals surface area (Å²) in [6.07, 6.45) is 1.75. The Hall–Kier alpha value is -1.23. The highest BCUT2D eigenvalue weighted by molar-refractivity contribution is 9.10. The van der Waals surface area contributed by atoms with Gasteiger partial charge in [-0.25, -0.2) is 4.39 Å². The third-order valence-electron chi connectivity index (χ3n) is 6.32. The Bertz CT molecular complexity index is 687. The summed E-state index contributed by atoms with van der Waals surface area (Å²) in [5.41, 5.74) is -0.949. The van der Waals surface area contributed by atoms with E-state index < -0.39 is 10.8 Å². The fourth-order valence-electron chi connectivity index (χ4n) is 4.19. The number of hydrogen-bond acceptors (Lipinski definition) is 2. The fraction of sp³-hybridized carbons (Fsp3) is 0.529. The van der Waals surface area contributed by atoms with E-state index in [-0.39, 0.29) is 22.9 Å². The van der Waals surface area contributed by atoms with Crippen LogP contribution in [0.25, 0.3) is 0 Å². The average molecular weight is 368 g/mol. The van der Waals surface area contributed by atoms with Crippen molar-refractivity contribution >= 4 is 33.3 Å². The topological polar surface area (TPSA) is 46.2 Å². The third-order valence-corrected chi connectivity index (χ3v) is 6.98. The molecule has 2 atom stereocenters. The van der Waals surface area contributed by atoms with Gasteiger partial charge in [-0.1, -0.05) is 20.8 Å². The molecule has 22 heavy (non-hydrogen) atoms. The molecule has 0 saturated heterocycles. The second kappa shape index (κ2) is 4.63. The highest BCUT2D eigenvalue weighted by Gasteiger charge is 2.72. The van der Waals surface area contributed by atoms with Crippen LogP contribution in [0.15, 0.2) is 22.7 Å². The maximum Gasteiger partial charge on any atom is 0.231 e. The Morgan fingerprint density at radius 1 is 1.27 bits per heavy atom. The van der Waals surface area contributed by atoms with Crippen molar-refractivity contribution in [3.8, 4) is 0 Å². The maximum absolute atomic E-state index is 13.2. The monoisotopic (exact) mass is 367 g/mol. The molecule has 3 nitrogen and oxygen atoms in total. The Balaban J connectivity index is 1.94. The summed E-state index contributed by atoms with van der Waals surface area (Å²) < 4.78 is 13.7. The van der Waals surface area contributed by atoms with Crippen molar-refractivity contribution in [3.63, 3.8) is 0 Å². The first-order chi connectivity index (χ1) is 10.1. The van der Waals surface area contributed by atoms with Crippen LogP contribution < -0.4 is 5.32 Å². The number of carbonyl (C=O) groups excluding carboxylic acids is 2. The van der Waals surface area contributed by atoms with Crippen molar-refractivity contribution in [2.45, 2.75) is 40.0 Å². The number of Topliss-reactive ketones (excluding diaryl/α,β-unsaturated/α-hetero) is 1. The number of rotatable bonds is 2. The molecule has 5 heteroatoms. The predicted octanol–water partition coefficient (Wildman–Crippen LogP) is 4.31. The quantitative estimate of drug-likeness (QED) is 0.846. The predicted molar refractivity (Wildman–Crippen MR) is 85.9 cm³/mol. The summed E-state index contributed by atoms with van der Waals surface area (Å²) in [6.45, 7) is 6.01. The normalized spacial score (nSPS) is 32.3. The van der Waals surface area contributed by atoms with Gasteiger partial charge in [0.2, 0.25) is 5.91 Å². The zero-order valence-electron chi connectivity index (χ0n) is 12.9. The molecule has 1 N–H and O–H groups in total. The van der Waals surface area contributed by atoms with Gasteiger partial charge in [0.05, 0.1) is 11.1 Å². The molecule has 118 valence electrons. The van der Waals surface area contributed by atoms with Gasteiger partial charge < -0.3 is 5.32 Å². The van der Waals surface area contributed by atoms with E-state index in [2.05, 4.69) is 21.2 Å². The van der Waals surface area contributed by atoms with Crippen molar-refractivity contribution in [2.24, 2.45) is 16.2 Å². The summed E-state index contributed by atoms with van der Waals surface area (Å²) in [7, 11) is 0.